The average Bonchev–Trinajstić information content (AvgIpc) is 2.02. The zero-order valence-electron chi connectivity index (χ0n) is 7.24. The summed E-state index contributed by atoms with van der Waals surface area (Å²) in [5.74, 6) is 0. The number of hydrogen-bond acceptors (Lipinski definition) is 4. The Labute approximate surface area is 73.3 Å². The molecule has 0 fully saturated rings. The Morgan fingerprint density at radius 3 is 2.17 bits per heavy atom. The summed E-state index contributed by atoms with van der Waals surface area (Å²) in [7, 11) is 0. The molecule has 0 amide bonds. The maximum Gasteiger partial charge on any atom is 0.0590 e. The van der Waals surface area contributed by atoms with E-state index >= 15 is 0 Å². The normalized spacial score (nSPS) is 17.9. The van der Waals surface area contributed by atoms with Gasteiger partial charge in [0.1, 0.15) is 0 Å². The van der Waals surface area contributed by atoms with Crippen LogP contribution in [0, 0.1) is 0 Å². The largest absolute Gasteiger partial charge is 0.401 e. The molecule has 0 heterocycles. The summed E-state index contributed by atoms with van der Waals surface area (Å²) in [6.07, 6.45) is 2.20. The summed E-state index contributed by atoms with van der Waals surface area (Å²) in [6.45, 7) is 7.06. The van der Waals surface area contributed by atoms with E-state index < -0.39 is 6.04 Å². The molecule has 0 aliphatic heterocycles. The van der Waals surface area contributed by atoms with Gasteiger partial charge in [0, 0.05) is 17.8 Å². The topological polar surface area (TPSA) is 104 Å². The van der Waals surface area contributed by atoms with Crippen LogP contribution in [0.4, 0.5) is 0 Å². The van der Waals surface area contributed by atoms with E-state index in [0.29, 0.717) is 12.1 Å². The van der Waals surface area contributed by atoms with Crippen LogP contribution >= 0.6 is 0 Å². The lowest BCUT2D eigenvalue weighted by atomic mass is 10.0. The van der Waals surface area contributed by atoms with Gasteiger partial charge in [0.05, 0.1) is 6.04 Å². The van der Waals surface area contributed by atoms with Crippen molar-refractivity contribution in [1.82, 2.24) is 0 Å². The highest BCUT2D eigenvalue weighted by Gasteiger charge is 2.15. The lowest BCUT2D eigenvalue weighted by Crippen LogP contribution is -2.47. The molecular formula is C8H18N4. The van der Waals surface area contributed by atoms with Crippen LogP contribution in [0.25, 0.3) is 0 Å². The zero-order valence-corrected chi connectivity index (χ0v) is 7.24. The van der Waals surface area contributed by atoms with Gasteiger partial charge in [0.15, 0.2) is 0 Å². The third-order valence-electron chi connectivity index (χ3n) is 1.74. The summed E-state index contributed by atoms with van der Waals surface area (Å²) < 4.78 is 0. The molecular weight excluding hydrogens is 152 g/mol. The number of nitrogens with two attached hydrogens (primary N) is 4. The maximum atomic E-state index is 5.70. The van der Waals surface area contributed by atoms with Gasteiger partial charge in [-0.25, -0.2) is 0 Å². The Hall–Kier alpha value is -0.840. The van der Waals surface area contributed by atoms with Crippen molar-refractivity contribution in [2.24, 2.45) is 22.9 Å². The van der Waals surface area contributed by atoms with Gasteiger partial charge in [-0.3, -0.25) is 0 Å². The lowest BCUT2D eigenvalue weighted by molar-refractivity contribution is 0.513. The quantitative estimate of drug-likeness (QED) is 0.398. The van der Waals surface area contributed by atoms with Crippen molar-refractivity contribution in [2.75, 3.05) is 0 Å². The smallest absolute Gasteiger partial charge is 0.0590 e. The SMILES string of the molecule is C=CC(N)CC(N)C(N)C(=C)N. The van der Waals surface area contributed by atoms with E-state index in [0.717, 1.165) is 0 Å². The molecule has 0 aromatic rings. The highest BCUT2D eigenvalue weighted by Crippen LogP contribution is 2.01. The zero-order chi connectivity index (χ0) is 9.72. The Bertz CT molecular complexity index is 166. The molecule has 70 valence electrons. The third kappa shape index (κ3) is 3.52. The van der Waals surface area contributed by atoms with E-state index in [9.17, 15) is 0 Å². The van der Waals surface area contributed by atoms with E-state index in [1.165, 1.54) is 0 Å². The Kier molecular flexibility index (Phi) is 4.58. The third-order valence-corrected chi connectivity index (χ3v) is 1.74. The van der Waals surface area contributed by atoms with Crippen LogP contribution < -0.4 is 22.9 Å². The summed E-state index contributed by atoms with van der Waals surface area (Å²) in [4.78, 5) is 0. The molecule has 0 aromatic heterocycles. The molecule has 4 nitrogen and oxygen atoms in total. The minimum Gasteiger partial charge on any atom is -0.401 e. The molecule has 0 saturated carbocycles. The van der Waals surface area contributed by atoms with Crippen molar-refractivity contribution in [1.29, 1.82) is 0 Å². The van der Waals surface area contributed by atoms with Crippen molar-refractivity contribution in [2.45, 2.75) is 24.5 Å². The van der Waals surface area contributed by atoms with Gasteiger partial charge in [-0.05, 0) is 6.42 Å². The molecule has 0 aromatic carbocycles. The molecule has 3 unspecified atom stereocenters. The van der Waals surface area contributed by atoms with Crippen LogP contribution in [0.3, 0.4) is 0 Å². The first-order valence-corrected chi connectivity index (χ1v) is 3.82. The van der Waals surface area contributed by atoms with Crippen LogP contribution in [0.2, 0.25) is 0 Å². The molecule has 0 bridgehead atoms. The molecule has 8 N–H and O–H groups in total. The van der Waals surface area contributed by atoms with Crippen molar-refractivity contribution >= 4 is 0 Å². The van der Waals surface area contributed by atoms with Crippen LogP contribution in [0.1, 0.15) is 6.42 Å². The minimum atomic E-state index is -0.393. The second-order valence-corrected chi connectivity index (χ2v) is 2.90. The van der Waals surface area contributed by atoms with Gasteiger partial charge in [-0.2, -0.15) is 0 Å². The predicted molar refractivity (Wildman–Crippen MR) is 52.1 cm³/mol. The van der Waals surface area contributed by atoms with Gasteiger partial charge in [-0.1, -0.05) is 12.7 Å². The molecule has 0 radical (unpaired) electrons. The fraction of sp³-hybridized carbons (Fsp3) is 0.500. The minimum absolute atomic E-state index is 0.134. The van der Waals surface area contributed by atoms with Gasteiger partial charge in [0.25, 0.3) is 0 Å². The van der Waals surface area contributed by atoms with Gasteiger partial charge in [0.2, 0.25) is 0 Å². The molecule has 0 saturated heterocycles. The van der Waals surface area contributed by atoms with E-state index in [2.05, 4.69) is 13.2 Å². The van der Waals surface area contributed by atoms with E-state index in [1.807, 2.05) is 0 Å². The summed E-state index contributed by atoms with van der Waals surface area (Å²) in [5, 5.41) is 0. The van der Waals surface area contributed by atoms with Gasteiger partial charge < -0.3 is 22.9 Å². The van der Waals surface area contributed by atoms with Gasteiger partial charge in [-0.15, -0.1) is 6.58 Å². The predicted octanol–water partition coefficient (Wildman–Crippen LogP) is -0.983. The van der Waals surface area contributed by atoms with Crippen molar-refractivity contribution in [3.63, 3.8) is 0 Å². The molecule has 0 aliphatic rings. The van der Waals surface area contributed by atoms with Gasteiger partial charge >= 0.3 is 0 Å². The van der Waals surface area contributed by atoms with Crippen molar-refractivity contribution < 1.29 is 0 Å². The van der Waals surface area contributed by atoms with E-state index in [1.54, 1.807) is 6.08 Å². The first-order chi connectivity index (χ1) is 5.49. The van der Waals surface area contributed by atoms with E-state index in [-0.39, 0.29) is 12.1 Å². The standard InChI is InChI=1S/C8H18N4/c1-3-6(10)4-7(11)8(12)5(2)9/h3,6-8H,1-2,4,9-12H2. The van der Waals surface area contributed by atoms with Crippen LogP contribution in [-0.2, 0) is 0 Å². The van der Waals surface area contributed by atoms with Crippen LogP contribution in [0.15, 0.2) is 24.9 Å². The first kappa shape index (κ1) is 11.2. The second-order valence-electron chi connectivity index (χ2n) is 2.90. The molecule has 3 atom stereocenters. The summed E-state index contributed by atoms with van der Waals surface area (Å²) >= 11 is 0. The fourth-order valence-corrected chi connectivity index (χ4v) is 0.832. The summed E-state index contributed by atoms with van der Waals surface area (Å²) in [6, 6.07) is -0.781. The molecule has 4 heteroatoms. The monoisotopic (exact) mass is 170 g/mol. The van der Waals surface area contributed by atoms with Crippen LogP contribution in [0.5, 0.6) is 0 Å². The fourth-order valence-electron chi connectivity index (χ4n) is 0.832. The highest BCUT2D eigenvalue weighted by molar-refractivity contribution is 5.04. The highest BCUT2D eigenvalue weighted by atomic mass is 14.8. The van der Waals surface area contributed by atoms with Crippen molar-refractivity contribution in [3.8, 4) is 0 Å². The van der Waals surface area contributed by atoms with Crippen LogP contribution in [-0.4, -0.2) is 18.1 Å². The molecule has 0 spiro atoms. The van der Waals surface area contributed by atoms with Crippen molar-refractivity contribution in [3.05, 3.63) is 24.9 Å². The van der Waals surface area contributed by atoms with E-state index in [4.69, 9.17) is 22.9 Å². The number of rotatable bonds is 5. The molecule has 0 aliphatic carbocycles. The Balaban J connectivity index is 3.94. The lowest BCUT2D eigenvalue weighted by Gasteiger charge is -2.21. The maximum absolute atomic E-state index is 5.70. The molecule has 12 heavy (non-hydrogen) atoms. The second kappa shape index (κ2) is 4.92. The summed E-state index contributed by atoms with van der Waals surface area (Å²) in [5.41, 5.74) is 22.7. The Morgan fingerprint density at radius 2 is 1.83 bits per heavy atom. The Morgan fingerprint density at radius 1 is 1.33 bits per heavy atom. The first-order valence-electron chi connectivity index (χ1n) is 3.82. The average molecular weight is 170 g/mol. The molecule has 0 rings (SSSR count). The number of hydrogen-bond donors (Lipinski definition) is 4.